The highest BCUT2D eigenvalue weighted by atomic mass is 32.1. The third kappa shape index (κ3) is 4.67. The molecule has 20 heavy (non-hydrogen) atoms. The van der Waals surface area contributed by atoms with E-state index in [1.54, 1.807) is 13.0 Å². The first-order valence-electron chi connectivity index (χ1n) is 6.35. The van der Waals surface area contributed by atoms with Crippen molar-refractivity contribution in [2.75, 3.05) is 13.7 Å². The van der Waals surface area contributed by atoms with Crippen LogP contribution < -0.4 is 0 Å². The number of nitriles is 1. The number of hydrogen-bond acceptors (Lipinski definition) is 6. The van der Waals surface area contributed by atoms with Crippen molar-refractivity contribution in [2.24, 2.45) is 5.92 Å². The SMILES string of the molecule is CCOC(=O)C(C#N)CCCc1ccc(C(=O)OC)s1. The molecule has 108 valence electrons. The van der Waals surface area contributed by atoms with Crippen LogP contribution in [-0.2, 0) is 20.7 Å². The quantitative estimate of drug-likeness (QED) is 0.722. The lowest BCUT2D eigenvalue weighted by molar-refractivity contribution is -0.146. The summed E-state index contributed by atoms with van der Waals surface area (Å²) in [6.45, 7) is 2.00. The molecule has 0 radical (unpaired) electrons. The Balaban J connectivity index is 2.44. The van der Waals surface area contributed by atoms with Crippen LogP contribution in [0.15, 0.2) is 12.1 Å². The van der Waals surface area contributed by atoms with Gasteiger partial charge in [-0.1, -0.05) is 0 Å². The van der Waals surface area contributed by atoms with Gasteiger partial charge in [-0.2, -0.15) is 5.26 Å². The summed E-state index contributed by atoms with van der Waals surface area (Å²) in [6, 6.07) is 5.55. The van der Waals surface area contributed by atoms with E-state index >= 15 is 0 Å². The number of nitrogens with zero attached hydrogens (tertiary/aromatic N) is 1. The van der Waals surface area contributed by atoms with Crippen LogP contribution in [0.2, 0.25) is 0 Å². The van der Waals surface area contributed by atoms with Gasteiger partial charge in [0.1, 0.15) is 10.8 Å². The van der Waals surface area contributed by atoms with E-state index in [9.17, 15) is 9.59 Å². The lowest BCUT2D eigenvalue weighted by Crippen LogP contribution is -2.16. The topological polar surface area (TPSA) is 76.4 Å². The fraction of sp³-hybridized carbons (Fsp3) is 0.500. The first kappa shape index (κ1) is 16.2. The van der Waals surface area contributed by atoms with Gasteiger partial charge in [-0.3, -0.25) is 4.79 Å². The van der Waals surface area contributed by atoms with Crippen molar-refractivity contribution in [1.29, 1.82) is 5.26 Å². The van der Waals surface area contributed by atoms with Gasteiger partial charge in [0.2, 0.25) is 0 Å². The molecule has 1 aromatic heterocycles. The normalized spacial score (nSPS) is 11.4. The minimum absolute atomic E-state index is 0.282. The summed E-state index contributed by atoms with van der Waals surface area (Å²) in [6.07, 6.45) is 1.87. The molecule has 0 saturated carbocycles. The number of thiophene rings is 1. The molecule has 0 aliphatic rings. The number of methoxy groups -OCH3 is 1. The van der Waals surface area contributed by atoms with Gasteiger partial charge < -0.3 is 9.47 Å². The van der Waals surface area contributed by atoms with Crippen LogP contribution in [0.5, 0.6) is 0 Å². The number of rotatable bonds is 7. The minimum atomic E-state index is -0.713. The second-order valence-corrected chi connectivity index (χ2v) is 5.25. The zero-order valence-corrected chi connectivity index (χ0v) is 12.4. The fourth-order valence-electron chi connectivity index (χ4n) is 1.68. The molecule has 1 unspecified atom stereocenters. The smallest absolute Gasteiger partial charge is 0.348 e. The van der Waals surface area contributed by atoms with Crippen molar-refractivity contribution in [2.45, 2.75) is 26.2 Å². The van der Waals surface area contributed by atoms with Gasteiger partial charge in [0, 0.05) is 4.88 Å². The van der Waals surface area contributed by atoms with E-state index in [0.29, 0.717) is 17.7 Å². The molecule has 0 N–H and O–H groups in total. The van der Waals surface area contributed by atoms with Crippen LogP contribution in [0.4, 0.5) is 0 Å². The number of aryl methyl sites for hydroxylation is 1. The molecule has 0 bridgehead atoms. The zero-order chi connectivity index (χ0) is 15.0. The van der Waals surface area contributed by atoms with Crippen LogP contribution in [0.25, 0.3) is 0 Å². The van der Waals surface area contributed by atoms with E-state index in [2.05, 4.69) is 4.74 Å². The molecule has 5 nitrogen and oxygen atoms in total. The highest BCUT2D eigenvalue weighted by Gasteiger charge is 2.18. The summed E-state index contributed by atoms with van der Waals surface area (Å²) >= 11 is 1.37. The van der Waals surface area contributed by atoms with Gasteiger partial charge in [0.25, 0.3) is 0 Å². The molecule has 1 rings (SSSR count). The predicted molar refractivity (Wildman–Crippen MR) is 74.3 cm³/mol. The third-order valence-electron chi connectivity index (χ3n) is 2.69. The van der Waals surface area contributed by atoms with Crippen LogP contribution in [0.1, 0.15) is 34.3 Å². The van der Waals surface area contributed by atoms with E-state index in [0.717, 1.165) is 11.3 Å². The maximum absolute atomic E-state index is 11.4. The molecule has 0 fully saturated rings. The van der Waals surface area contributed by atoms with E-state index in [1.165, 1.54) is 18.4 Å². The maximum atomic E-state index is 11.4. The molecule has 6 heteroatoms. The molecule has 1 atom stereocenters. The third-order valence-corrected chi connectivity index (χ3v) is 3.82. The molecule has 1 heterocycles. The Morgan fingerprint density at radius 1 is 1.45 bits per heavy atom. The largest absolute Gasteiger partial charge is 0.465 e. The molecule has 0 aliphatic heterocycles. The Morgan fingerprint density at radius 3 is 2.80 bits per heavy atom. The summed E-state index contributed by atoms with van der Waals surface area (Å²) in [5, 5.41) is 8.92. The minimum Gasteiger partial charge on any atom is -0.465 e. The van der Waals surface area contributed by atoms with Crippen molar-refractivity contribution < 1.29 is 19.1 Å². The Bertz CT molecular complexity index is 504. The van der Waals surface area contributed by atoms with E-state index < -0.39 is 11.9 Å². The number of carbonyl (C=O) groups excluding carboxylic acids is 2. The molecule has 0 saturated heterocycles. The van der Waals surface area contributed by atoms with Crippen molar-refractivity contribution in [3.63, 3.8) is 0 Å². The standard InChI is InChI=1S/C14H17NO4S/c1-3-19-13(16)10(9-15)5-4-6-11-7-8-12(20-11)14(17)18-2/h7-8,10H,3-6H2,1-2H3. The summed E-state index contributed by atoms with van der Waals surface area (Å²) in [5.74, 6) is -1.52. The molecule has 0 spiro atoms. The fourth-order valence-corrected chi connectivity index (χ4v) is 2.65. The summed E-state index contributed by atoms with van der Waals surface area (Å²) < 4.78 is 9.46. The second kappa shape index (κ2) is 8.33. The van der Waals surface area contributed by atoms with Crippen molar-refractivity contribution >= 4 is 23.3 Å². The van der Waals surface area contributed by atoms with E-state index in [4.69, 9.17) is 10.00 Å². The van der Waals surface area contributed by atoms with Crippen LogP contribution in [-0.4, -0.2) is 25.7 Å². The van der Waals surface area contributed by atoms with Crippen molar-refractivity contribution in [1.82, 2.24) is 0 Å². The predicted octanol–water partition coefficient (Wildman–Crippen LogP) is 2.56. The average molecular weight is 295 g/mol. The highest BCUT2D eigenvalue weighted by molar-refractivity contribution is 7.13. The average Bonchev–Trinajstić information content (AvgIpc) is 2.91. The van der Waals surface area contributed by atoms with Gasteiger partial charge in [-0.25, -0.2) is 4.79 Å². The van der Waals surface area contributed by atoms with Crippen LogP contribution in [0, 0.1) is 17.2 Å². The Kier molecular flexibility index (Phi) is 6.74. The summed E-state index contributed by atoms with van der Waals surface area (Å²) in [4.78, 5) is 24.3. The van der Waals surface area contributed by atoms with Gasteiger partial charge in [-0.05, 0) is 38.3 Å². The molecule has 0 amide bonds. The molecule has 0 aliphatic carbocycles. The Labute approximate surface area is 122 Å². The lowest BCUT2D eigenvalue weighted by atomic mass is 10.0. The van der Waals surface area contributed by atoms with Gasteiger partial charge >= 0.3 is 11.9 Å². The van der Waals surface area contributed by atoms with Gasteiger partial charge in [-0.15, -0.1) is 11.3 Å². The number of esters is 2. The first-order valence-corrected chi connectivity index (χ1v) is 7.17. The molecular formula is C14H17NO4S. The van der Waals surface area contributed by atoms with Gasteiger partial charge in [0.05, 0.1) is 19.8 Å². The van der Waals surface area contributed by atoms with Gasteiger partial charge in [0.15, 0.2) is 0 Å². The lowest BCUT2D eigenvalue weighted by Gasteiger charge is -2.07. The molecule has 0 aromatic carbocycles. The summed E-state index contributed by atoms with van der Waals surface area (Å²) in [7, 11) is 1.35. The summed E-state index contributed by atoms with van der Waals surface area (Å²) in [5.41, 5.74) is 0. The number of ether oxygens (including phenoxy) is 2. The zero-order valence-electron chi connectivity index (χ0n) is 11.5. The Morgan fingerprint density at radius 2 is 2.20 bits per heavy atom. The Hall–Kier alpha value is -1.87. The van der Waals surface area contributed by atoms with Crippen LogP contribution >= 0.6 is 11.3 Å². The van der Waals surface area contributed by atoms with Crippen molar-refractivity contribution in [3.8, 4) is 6.07 Å². The molecular weight excluding hydrogens is 278 g/mol. The number of hydrogen-bond donors (Lipinski definition) is 0. The molecule has 1 aromatic rings. The highest BCUT2D eigenvalue weighted by Crippen LogP contribution is 2.20. The van der Waals surface area contributed by atoms with Crippen LogP contribution in [0.3, 0.4) is 0 Å². The second-order valence-electron chi connectivity index (χ2n) is 4.08. The maximum Gasteiger partial charge on any atom is 0.348 e. The number of carbonyl (C=O) groups is 2. The first-order chi connectivity index (χ1) is 9.62. The van der Waals surface area contributed by atoms with Crippen molar-refractivity contribution in [3.05, 3.63) is 21.9 Å². The monoisotopic (exact) mass is 295 g/mol. The van der Waals surface area contributed by atoms with E-state index in [1.807, 2.05) is 12.1 Å². The van der Waals surface area contributed by atoms with E-state index in [-0.39, 0.29) is 12.6 Å².